The summed E-state index contributed by atoms with van der Waals surface area (Å²) in [6.07, 6.45) is 5.09. The summed E-state index contributed by atoms with van der Waals surface area (Å²) in [7, 11) is 0. The Hall–Kier alpha value is -3.48. The number of aliphatic carboxylic acids is 1. The van der Waals surface area contributed by atoms with Crippen molar-refractivity contribution in [2.24, 2.45) is 5.41 Å². The third kappa shape index (κ3) is 5.35. The van der Waals surface area contributed by atoms with Crippen LogP contribution in [0, 0.1) is 18.2 Å². The van der Waals surface area contributed by atoms with E-state index in [2.05, 4.69) is 28.7 Å². The number of hydrogen-bond donors (Lipinski definition) is 1. The van der Waals surface area contributed by atoms with Crippen LogP contribution in [0.3, 0.4) is 0 Å². The zero-order chi connectivity index (χ0) is 24.3. The molecule has 4 rings (SSSR count). The van der Waals surface area contributed by atoms with Gasteiger partial charge in [0.05, 0.1) is 12.1 Å². The molecule has 1 fully saturated rings. The van der Waals surface area contributed by atoms with Crippen molar-refractivity contribution < 1.29 is 19.0 Å². The number of carbonyl (C=O) groups is 1. The Morgan fingerprint density at radius 2 is 1.85 bits per heavy atom. The number of piperidine rings is 1. The molecule has 1 saturated heterocycles. The molecule has 0 atom stereocenters. The van der Waals surface area contributed by atoms with Crippen LogP contribution in [0.1, 0.15) is 43.5 Å². The molecule has 0 spiro atoms. The first-order valence-electron chi connectivity index (χ1n) is 11.5. The fraction of sp³-hybridized carbons (Fsp3) is 0.370. The van der Waals surface area contributed by atoms with E-state index >= 15 is 0 Å². The summed E-state index contributed by atoms with van der Waals surface area (Å²) in [5.74, 6) is -1.56. The summed E-state index contributed by atoms with van der Waals surface area (Å²) < 4.78 is 20.6. The second-order valence-electron chi connectivity index (χ2n) is 9.59. The number of hydrogen-bond acceptors (Lipinski definition) is 5. The van der Waals surface area contributed by atoms with Crippen LogP contribution in [0.4, 0.5) is 10.1 Å². The van der Waals surface area contributed by atoms with Crippen molar-refractivity contribution in [1.29, 1.82) is 0 Å². The fourth-order valence-corrected chi connectivity index (χ4v) is 4.31. The lowest BCUT2D eigenvalue weighted by molar-refractivity contribution is -0.136. The van der Waals surface area contributed by atoms with Crippen molar-refractivity contribution in [3.63, 3.8) is 0 Å². The van der Waals surface area contributed by atoms with Gasteiger partial charge < -0.3 is 14.7 Å². The van der Waals surface area contributed by atoms with E-state index in [1.54, 1.807) is 12.4 Å². The van der Waals surface area contributed by atoms with Crippen LogP contribution in [0.2, 0.25) is 0 Å². The van der Waals surface area contributed by atoms with E-state index in [1.807, 2.05) is 37.3 Å². The zero-order valence-electron chi connectivity index (χ0n) is 19.8. The van der Waals surface area contributed by atoms with Gasteiger partial charge in [-0.25, -0.2) is 9.37 Å². The Morgan fingerprint density at radius 1 is 1.15 bits per heavy atom. The number of carboxylic acid groups (broad SMARTS) is 1. The molecule has 0 amide bonds. The monoisotopic (exact) mass is 463 g/mol. The van der Waals surface area contributed by atoms with Crippen molar-refractivity contribution in [3.05, 3.63) is 71.4 Å². The fourth-order valence-electron chi connectivity index (χ4n) is 4.31. The molecule has 0 aliphatic carbocycles. The Balaban J connectivity index is 1.69. The minimum atomic E-state index is -0.922. The van der Waals surface area contributed by atoms with Gasteiger partial charge in [0.15, 0.2) is 5.82 Å². The second kappa shape index (κ2) is 9.79. The van der Waals surface area contributed by atoms with Crippen LogP contribution in [0.5, 0.6) is 5.88 Å². The quantitative estimate of drug-likeness (QED) is 0.504. The van der Waals surface area contributed by atoms with Crippen LogP contribution in [-0.4, -0.2) is 34.1 Å². The maximum absolute atomic E-state index is 15.0. The molecule has 1 aromatic carbocycles. The first kappa shape index (κ1) is 23.7. The summed E-state index contributed by atoms with van der Waals surface area (Å²) in [6.45, 7) is 8.12. The molecule has 0 bridgehead atoms. The average Bonchev–Trinajstić information content (AvgIpc) is 2.80. The summed E-state index contributed by atoms with van der Waals surface area (Å²) >= 11 is 0. The van der Waals surface area contributed by atoms with E-state index in [-0.39, 0.29) is 24.3 Å². The molecule has 0 saturated carbocycles. The first-order chi connectivity index (χ1) is 16.2. The van der Waals surface area contributed by atoms with Crippen molar-refractivity contribution in [3.8, 4) is 17.0 Å². The Labute approximate surface area is 199 Å². The third-order valence-corrected chi connectivity index (χ3v) is 6.46. The molecule has 3 aromatic rings. The van der Waals surface area contributed by atoms with E-state index in [1.165, 1.54) is 6.07 Å². The van der Waals surface area contributed by atoms with Crippen molar-refractivity contribution in [1.82, 2.24) is 9.97 Å². The zero-order valence-corrected chi connectivity index (χ0v) is 19.8. The van der Waals surface area contributed by atoms with Crippen LogP contribution < -0.4 is 9.64 Å². The van der Waals surface area contributed by atoms with Crippen LogP contribution >= 0.6 is 0 Å². The number of nitrogens with zero attached hydrogens (tertiary/aromatic N) is 3. The molecule has 7 heteroatoms. The molecular formula is C27H30FN3O3. The average molecular weight is 464 g/mol. The van der Waals surface area contributed by atoms with Crippen LogP contribution in [0.15, 0.2) is 48.8 Å². The Bertz CT molecular complexity index is 1170. The van der Waals surface area contributed by atoms with Gasteiger partial charge in [-0.15, -0.1) is 0 Å². The smallest absolute Gasteiger partial charge is 0.307 e. The molecule has 3 heterocycles. The van der Waals surface area contributed by atoms with Gasteiger partial charge >= 0.3 is 5.97 Å². The van der Waals surface area contributed by atoms with Crippen LogP contribution in [-0.2, 0) is 17.8 Å². The van der Waals surface area contributed by atoms with Gasteiger partial charge in [0.2, 0.25) is 0 Å². The van der Waals surface area contributed by atoms with E-state index in [4.69, 9.17) is 4.74 Å². The standard InChI is InChI=1S/C27H30FN3O3/c1-18-21(14-24(32)33)25(31-11-9-27(2,3)10-12-31)22(16-29-18)20-13-23(28)26(30-15-20)34-17-19-7-5-4-6-8-19/h4-8,13,15-16H,9-12,14,17H2,1-3H3,(H,32,33). The minimum absolute atomic E-state index is 0.0697. The number of halogens is 1. The van der Waals surface area contributed by atoms with E-state index in [9.17, 15) is 14.3 Å². The summed E-state index contributed by atoms with van der Waals surface area (Å²) in [4.78, 5) is 22.6. The topological polar surface area (TPSA) is 75.6 Å². The van der Waals surface area contributed by atoms with Gasteiger partial charge in [0, 0.05) is 47.9 Å². The van der Waals surface area contributed by atoms with Crippen molar-refractivity contribution in [2.75, 3.05) is 18.0 Å². The highest BCUT2D eigenvalue weighted by molar-refractivity contribution is 5.84. The van der Waals surface area contributed by atoms with Gasteiger partial charge in [-0.05, 0) is 36.8 Å². The Kier molecular flexibility index (Phi) is 6.82. The molecule has 1 aliphatic heterocycles. The van der Waals surface area contributed by atoms with E-state index in [0.29, 0.717) is 22.4 Å². The first-order valence-corrected chi connectivity index (χ1v) is 11.5. The van der Waals surface area contributed by atoms with E-state index in [0.717, 1.165) is 37.2 Å². The number of anilines is 1. The molecule has 2 aromatic heterocycles. The Morgan fingerprint density at radius 3 is 2.50 bits per heavy atom. The number of rotatable bonds is 7. The molecular weight excluding hydrogens is 433 g/mol. The predicted molar refractivity (Wildman–Crippen MR) is 130 cm³/mol. The van der Waals surface area contributed by atoms with Crippen molar-refractivity contribution >= 4 is 11.7 Å². The van der Waals surface area contributed by atoms with Gasteiger partial charge in [0.25, 0.3) is 5.88 Å². The predicted octanol–water partition coefficient (Wildman–Crippen LogP) is 5.42. The molecule has 1 N–H and O–H groups in total. The third-order valence-electron chi connectivity index (χ3n) is 6.46. The number of benzene rings is 1. The van der Waals surface area contributed by atoms with Gasteiger partial charge in [0.1, 0.15) is 6.61 Å². The van der Waals surface area contributed by atoms with Gasteiger partial charge in [-0.2, -0.15) is 0 Å². The van der Waals surface area contributed by atoms with Crippen molar-refractivity contribution in [2.45, 2.75) is 46.6 Å². The number of carboxylic acids is 1. The number of aromatic nitrogens is 2. The van der Waals surface area contributed by atoms with Gasteiger partial charge in [-0.1, -0.05) is 44.2 Å². The molecule has 6 nitrogen and oxygen atoms in total. The number of pyridine rings is 2. The summed E-state index contributed by atoms with van der Waals surface area (Å²) in [6, 6.07) is 10.9. The molecule has 178 valence electrons. The largest absolute Gasteiger partial charge is 0.481 e. The summed E-state index contributed by atoms with van der Waals surface area (Å²) in [5, 5.41) is 9.56. The minimum Gasteiger partial charge on any atom is -0.481 e. The van der Waals surface area contributed by atoms with Crippen LogP contribution in [0.25, 0.3) is 11.1 Å². The normalized spacial score (nSPS) is 15.2. The molecule has 0 unspecified atom stereocenters. The number of ether oxygens (including phenoxy) is 1. The van der Waals surface area contributed by atoms with Gasteiger partial charge in [-0.3, -0.25) is 9.78 Å². The highest BCUT2D eigenvalue weighted by Gasteiger charge is 2.29. The maximum atomic E-state index is 15.0. The molecule has 34 heavy (non-hydrogen) atoms. The lowest BCUT2D eigenvalue weighted by atomic mass is 9.82. The molecule has 0 radical (unpaired) electrons. The SMILES string of the molecule is Cc1ncc(-c2cnc(OCc3ccccc3)c(F)c2)c(N2CCC(C)(C)CC2)c1CC(=O)O. The second-order valence-corrected chi connectivity index (χ2v) is 9.59. The van der Waals surface area contributed by atoms with E-state index < -0.39 is 11.8 Å². The lowest BCUT2D eigenvalue weighted by Gasteiger charge is -2.40. The summed E-state index contributed by atoms with van der Waals surface area (Å²) in [5.41, 5.74) is 4.52. The highest BCUT2D eigenvalue weighted by Crippen LogP contribution is 2.40. The molecule has 1 aliphatic rings. The number of aryl methyl sites for hydroxylation is 1. The lowest BCUT2D eigenvalue weighted by Crippen LogP contribution is -2.38. The maximum Gasteiger partial charge on any atom is 0.307 e. The highest BCUT2D eigenvalue weighted by atomic mass is 19.1.